The molecule has 0 bridgehead atoms. The number of furan rings is 1. The molecule has 0 atom stereocenters. The predicted molar refractivity (Wildman–Crippen MR) is 49.2 cm³/mol. The zero-order chi connectivity index (χ0) is 9.84. The highest BCUT2D eigenvalue weighted by Crippen LogP contribution is 2.06. The van der Waals surface area contributed by atoms with Crippen LogP contribution in [0.5, 0.6) is 0 Å². The molecule has 1 rings (SSSR count). The molecule has 72 valence electrons. The van der Waals surface area contributed by atoms with E-state index in [9.17, 15) is 4.79 Å². The van der Waals surface area contributed by atoms with Crippen LogP contribution >= 0.6 is 0 Å². The van der Waals surface area contributed by atoms with Gasteiger partial charge in [-0.1, -0.05) is 0 Å². The molecule has 1 aromatic heterocycles. The number of hydrogen-bond donors (Lipinski definition) is 2. The normalized spacial score (nSPS) is 10.5. The summed E-state index contributed by atoms with van der Waals surface area (Å²) in [5, 5.41) is 2.72. The first-order valence-electron chi connectivity index (χ1n) is 4.23. The SMILES string of the molecule is CC(C)NC(=O)c1ccc(CN)o1. The topological polar surface area (TPSA) is 68.3 Å². The largest absolute Gasteiger partial charge is 0.455 e. The van der Waals surface area contributed by atoms with Gasteiger partial charge in [-0.3, -0.25) is 4.79 Å². The summed E-state index contributed by atoms with van der Waals surface area (Å²) in [7, 11) is 0. The summed E-state index contributed by atoms with van der Waals surface area (Å²) in [6, 6.07) is 3.44. The quantitative estimate of drug-likeness (QED) is 0.729. The van der Waals surface area contributed by atoms with Crippen molar-refractivity contribution in [2.24, 2.45) is 5.73 Å². The van der Waals surface area contributed by atoms with Gasteiger partial charge in [0.25, 0.3) is 5.91 Å². The van der Waals surface area contributed by atoms with Crippen molar-refractivity contribution in [3.05, 3.63) is 23.7 Å². The minimum atomic E-state index is -0.199. The Morgan fingerprint density at radius 1 is 1.62 bits per heavy atom. The molecule has 0 radical (unpaired) electrons. The molecule has 13 heavy (non-hydrogen) atoms. The first-order chi connectivity index (χ1) is 6.13. The van der Waals surface area contributed by atoms with Crippen LogP contribution in [0.2, 0.25) is 0 Å². The number of hydrogen-bond acceptors (Lipinski definition) is 3. The van der Waals surface area contributed by atoms with E-state index >= 15 is 0 Å². The average Bonchev–Trinajstić information content (AvgIpc) is 2.50. The average molecular weight is 182 g/mol. The van der Waals surface area contributed by atoms with Crippen molar-refractivity contribution in [3.63, 3.8) is 0 Å². The van der Waals surface area contributed by atoms with Gasteiger partial charge in [-0.05, 0) is 26.0 Å². The van der Waals surface area contributed by atoms with Crippen LogP contribution in [-0.4, -0.2) is 11.9 Å². The Kier molecular flexibility index (Phi) is 3.08. The van der Waals surface area contributed by atoms with Crippen molar-refractivity contribution in [2.75, 3.05) is 0 Å². The summed E-state index contributed by atoms with van der Waals surface area (Å²) >= 11 is 0. The maximum absolute atomic E-state index is 11.3. The minimum Gasteiger partial charge on any atom is -0.455 e. The van der Waals surface area contributed by atoms with Gasteiger partial charge in [0.15, 0.2) is 5.76 Å². The van der Waals surface area contributed by atoms with Crippen molar-refractivity contribution in [2.45, 2.75) is 26.4 Å². The zero-order valence-corrected chi connectivity index (χ0v) is 7.83. The molecule has 0 aliphatic heterocycles. The molecule has 1 aromatic rings. The lowest BCUT2D eigenvalue weighted by Gasteiger charge is -2.05. The molecule has 0 aromatic carbocycles. The summed E-state index contributed by atoms with van der Waals surface area (Å²) in [5.74, 6) is 0.734. The second-order valence-electron chi connectivity index (χ2n) is 3.10. The Morgan fingerprint density at radius 3 is 2.77 bits per heavy atom. The summed E-state index contributed by atoms with van der Waals surface area (Å²) in [6.07, 6.45) is 0. The Bertz CT molecular complexity index is 292. The number of amides is 1. The Balaban J connectivity index is 2.66. The van der Waals surface area contributed by atoms with Crippen molar-refractivity contribution in [1.82, 2.24) is 5.32 Å². The van der Waals surface area contributed by atoms with Crippen LogP contribution in [0.1, 0.15) is 30.2 Å². The number of rotatable bonds is 3. The fourth-order valence-corrected chi connectivity index (χ4v) is 0.943. The van der Waals surface area contributed by atoms with Gasteiger partial charge in [0, 0.05) is 6.04 Å². The Hall–Kier alpha value is -1.29. The van der Waals surface area contributed by atoms with Gasteiger partial charge in [-0.2, -0.15) is 0 Å². The molecule has 1 heterocycles. The van der Waals surface area contributed by atoms with E-state index in [1.165, 1.54) is 0 Å². The summed E-state index contributed by atoms with van der Waals surface area (Å²) in [5.41, 5.74) is 5.34. The van der Waals surface area contributed by atoms with Crippen molar-refractivity contribution in [3.8, 4) is 0 Å². The van der Waals surface area contributed by atoms with E-state index in [-0.39, 0.29) is 11.9 Å². The van der Waals surface area contributed by atoms with Gasteiger partial charge in [-0.15, -0.1) is 0 Å². The van der Waals surface area contributed by atoms with Crippen LogP contribution in [0.3, 0.4) is 0 Å². The number of nitrogens with one attached hydrogen (secondary N) is 1. The fraction of sp³-hybridized carbons (Fsp3) is 0.444. The van der Waals surface area contributed by atoms with Crippen molar-refractivity contribution < 1.29 is 9.21 Å². The molecule has 0 saturated carbocycles. The lowest BCUT2D eigenvalue weighted by atomic mass is 10.3. The molecular weight excluding hydrogens is 168 g/mol. The monoisotopic (exact) mass is 182 g/mol. The van der Waals surface area contributed by atoms with Gasteiger partial charge >= 0.3 is 0 Å². The molecule has 0 aliphatic carbocycles. The van der Waals surface area contributed by atoms with Crippen LogP contribution in [0.15, 0.2) is 16.5 Å². The van der Waals surface area contributed by atoms with Gasteiger partial charge < -0.3 is 15.5 Å². The smallest absolute Gasteiger partial charge is 0.287 e. The summed E-state index contributed by atoms with van der Waals surface area (Å²) in [6.45, 7) is 4.10. The van der Waals surface area contributed by atoms with Crippen LogP contribution in [0.4, 0.5) is 0 Å². The van der Waals surface area contributed by atoms with Crippen LogP contribution in [0, 0.1) is 0 Å². The van der Waals surface area contributed by atoms with Crippen LogP contribution < -0.4 is 11.1 Å². The molecule has 0 aliphatic rings. The first kappa shape index (κ1) is 9.80. The molecule has 0 spiro atoms. The highest BCUT2D eigenvalue weighted by molar-refractivity contribution is 5.91. The minimum absolute atomic E-state index is 0.110. The highest BCUT2D eigenvalue weighted by Gasteiger charge is 2.10. The van der Waals surface area contributed by atoms with E-state index in [1.54, 1.807) is 12.1 Å². The van der Waals surface area contributed by atoms with Gasteiger partial charge in [0.1, 0.15) is 5.76 Å². The Labute approximate surface area is 77.1 Å². The number of carbonyl (C=O) groups is 1. The number of nitrogens with two attached hydrogens (primary N) is 1. The van der Waals surface area contributed by atoms with E-state index in [2.05, 4.69) is 5.32 Å². The zero-order valence-electron chi connectivity index (χ0n) is 7.83. The van der Waals surface area contributed by atoms with Crippen molar-refractivity contribution >= 4 is 5.91 Å². The van der Waals surface area contributed by atoms with Crippen LogP contribution in [0.25, 0.3) is 0 Å². The molecule has 4 nitrogen and oxygen atoms in total. The number of carbonyl (C=O) groups excluding carboxylic acids is 1. The highest BCUT2D eigenvalue weighted by atomic mass is 16.4. The standard InChI is InChI=1S/C9H14N2O2/c1-6(2)11-9(12)8-4-3-7(5-10)13-8/h3-4,6H,5,10H2,1-2H3,(H,11,12). The fourth-order valence-electron chi connectivity index (χ4n) is 0.943. The van der Waals surface area contributed by atoms with E-state index in [0.717, 1.165) is 0 Å². The van der Waals surface area contributed by atoms with Gasteiger partial charge in [0.2, 0.25) is 0 Å². The van der Waals surface area contributed by atoms with Crippen LogP contribution in [-0.2, 0) is 6.54 Å². The maximum atomic E-state index is 11.3. The molecule has 0 saturated heterocycles. The second kappa shape index (κ2) is 4.09. The van der Waals surface area contributed by atoms with Gasteiger partial charge in [-0.25, -0.2) is 0 Å². The molecule has 4 heteroatoms. The predicted octanol–water partition coefficient (Wildman–Crippen LogP) is 0.877. The molecule has 0 unspecified atom stereocenters. The third kappa shape index (κ3) is 2.59. The second-order valence-corrected chi connectivity index (χ2v) is 3.10. The molecule has 0 fully saturated rings. The lowest BCUT2D eigenvalue weighted by Crippen LogP contribution is -2.29. The molecule has 1 amide bonds. The van der Waals surface area contributed by atoms with Crippen molar-refractivity contribution in [1.29, 1.82) is 0 Å². The van der Waals surface area contributed by atoms with Gasteiger partial charge in [0.05, 0.1) is 6.54 Å². The maximum Gasteiger partial charge on any atom is 0.287 e. The summed E-state index contributed by atoms with van der Waals surface area (Å²) in [4.78, 5) is 11.3. The third-order valence-corrected chi connectivity index (χ3v) is 1.51. The third-order valence-electron chi connectivity index (χ3n) is 1.51. The van der Waals surface area contributed by atoms with E-state index < -0.39 is 0 Å². The van der Waals surface area contributed by atoms with E-state index in [1.807, 2.05) is 13.8 Å². The molecule has 3 N–H and O–H groups in total. The first-order valence-corrected chi connectivity index (χ1v) is 4.23. The van der Waals surface area contributed by atoms with E-state index in [0.29, 0.717) is 18.1 Å². The summed E-state index contributed by atoms with van der Waals surface area (Å²) < 4.78 is 5.16. The lowest BCUT2D eigenvalue weighted by molar-refractivity contribution is 0.0913. The molecular formula is C9H14N2O2. The Morgan fingerprint density at radius 2 is 2.31 bits per heavy atom. The van der Waals surface area contributed by atoms with E-state index in [4.69, 9.17) is 10.2 Å².